The fourth-order valence-electron chi connectivity index (χ4n) is 6.40. The molecule has 7 nitrogen and oxygen atoms in total. The van der Waals surface area contributed by atoms with E-state index < -0.39 is 46.1 Å². The van der Waals surface area contributed by atoms with E-state index in [2.05, 4.69) is 15.5 Å². The summed E-state index contributed by atoms with van der Waals surface area (Å²) in [4.78, 5) is 0. The molecule has 37 heavy (non-hydrogen) atoms. The average molecular weight is 519 g/mol. The van der Waals surface area contributed by atoms with Gasteiger partial charge >= 0.3 is 0 Å². The molecule has 1 N–H and O–H groups in total. The first-order valence-electron chi connectivity index (χ1n) is 12.3. The third kappa shape index (κ3) is 3.73. The summed E-state index contributed by atoms with van der Waals surface area (Å²) in [5.41, 5.74) is -4.74. The molecule has 11 heteroatoms. The molecule has 2 bridgehead atoms. The van der Waals surface area contributed by atoms with Crippen LogP contribution < -0.4 is 4.74 Å². The molecule has 196 valence electrons. The second-order valence-electron chi connectivity index (χ2n) is 10.6. The number of aromatic nitrogens is 4. The van der Waals surface area contributed by atoms with Crippen LogP contribution in [0.15, 0.2) is 48.8 Å². The van der Waals surface area contributed by atoms with E-state index in [4.69, 9.17) is 9.47 Å². The van der Waals surface area contributed by atoms with Gasteiger partial charge in [0.15, 0.2) is 5.60 Å². The molecule has 3 aliphatic carbocycles. The van der Waals surface area contributed by atoms with Gasteiger partial charge in [-0.2, -0.15) is 0 Å². The van der Waals surface area contributed by atoms with E-state index in [9.17, 15) is 13.9 Å². The number of ether oxygens (including phenoxy) is 2. The lowest BCUT2D eigenvalue weighted by Crippen LogP contribution is -2.76. The Morgan fingerprint density at radius 2 is 1.86 bits per heavy atom. The van der Waals surface area contributed by atoms with Crippen LogP contribution in [0.1, 0.15) is 43.2 Å². The molecule has 2 heterocycles. The highest BCUT2D eigenvalue weighted by atomic mass is 19.3. The third-order valence-corrected chi connectivity index (χ3v) is 8.30. The smallest absolute Gasteiger partial charge is 0.287 e. The molecule has 1 aromatic heterocycles. The molecule has 0 spiro atoms. The van der Waals surface area contributed by atoms with Crippen LogP contribution in [0.5, 0.6) is 5.75 Å². The molecule has 3 aromatic rings. The van der Waals surface area contributed by atoms with E-state index >= 15 is 8.78 Å². The standard InChI is InChI=1S/C26H26F4N4O3/c27-18-5-8-21(22(28)10-18)25(35,15-34-16-31-32-33-34)26(29,30)24-12-23(13-24,14-24)17-3-6-19(7-4-17)37-11-20-2-1-9-36-20/h3-8,10,16,20,35H,1-2,9,11-15H2/t20-,23?,24?,25+/m1/s1. The fraction of sp³-hybridized carbons (Fsp3) is 0.500. The van der Waals surface area contributed by atoms with Gasteiger partial charge in [0, 0.05) is 23.7 Å². The Labute approximate surface area is 210 Å². The Balaban J connectivity index is 1.21. The Hall–Kier alpha value is -3.05. The molecule has 1 aliphatic heterocycles. The largest absolute Gasteiger partial charge is 0.491 e. The summed E-state index contributed by atoms with van der Waals surface area (Å²) >= 11 is 0. The zero-order valence-electron chi connectivity index (χ0n) is 19.9. The maximum Gasteiger partial charge on any atom is 0.287 e. The van der Waals surface area contributed by atoms with Crippen LogP contribution in [-0.4, -0.2) is 50.6 Å². The molecule has 3 saturated carbocycles. The van der Waals surface area contributed by atoms with Crippen molar-refractivity contribution < 1.29 is 32.1 Å². The van der Waals surface area contributed by atoms with Gasteiger partial charge in [0.2, 0.25) is 0 Å². The van der Waals surface area contributed by atoms with E-state index in [0.29, 0.717) is 18.4 Å². The first-order valence-corrected chi connectivity index (χ1v) is 12.3. The molecular weight excluding hydrogens is 492 g/mol. The van der Waals surface area contributed by atoms with Crippen molar-refractivity contribution in [2.45, 2.75) is 61.7 Å². The Morgan fingerprint density at radius 1 is 1.11 bits per heavy atom. The number of tetrazole rings is 1. The van der Waals surface area contributed by atoms with Gasteiger partial charge in [0.1, 0.15) is 30.3 Å². The number of rotatable bonds is 9. The summed E-state index contributed by atoms with van der Waals surface area (Å²) in [6, 6.07) is 9.64. The summed E-state index contributed by atoms with van der Waals surface area (Å²) in [5.74, 6) is -5.25. The summed E-state index contributed by atoms with van der Waals surface area (Å²) < 4.78 is 73.1. The van der Waals surface area contributed by atoms with Gasteiger partial charge in [0.25, 0.3) is 5.92 Å². The maximum atomic E-state index is 16.3. The van der Waals surface area contributed by atoms with E-state index in [1.165, 1.54) is 0 Å². The number of nitrogens with zero attached hydrogens (tertiary/aromatic N) is 4. The van der Waals surface area contributed by atoms with Gasteiger partial charge < -0.3 is 14.6 Å². The lowest BCUT2D eigenvalue weighted by molar-refractivity contribution is -0.347. The number of hydrogen-bond donors (Lipinski definition) is 1. The van der Waals surface area contributed by atoms with Crippen molar-refractivity contribution >= 4 is 0 Å². The minimum Gasteiger partial charge on any atom is -0.491 e. The van der Waals surface area contributed by atoms with Gasteiger partial charge in [-0.05, 0) is 77.8 Å². The summed E-state index contributed by atoms with van der Waals surface area (Å²) in [7, 11) is 0. The van der Waals surface area contributed by atoms with E-state index in [-0.39, 0.29) is 25.4 Å². The molecule has 1 saturated heterocycles. The first-order chi connectivity index (χ1) is 17.7. The van der Waals surface area contributed by atoms with Crippen LogP contribution in [-0.2, 0) is 22.3 Å². The van der Waals surface area contributed by atoms with E-state index in [1.54, 1.807) is 0 Å². The minimum absolute atomic E-state index is 0.0948. The quantitative estimate of drug-likeness (QED) is 0.429. The van der Waals surface area contributed by atoms with Crippen LogP contribution >= 0.6 is 0 Å². The number of halogens is 4. The second kappa shape index (κ2) is 8.49. The molecule has 4 aliphatic rings. The molecular formula is C26H26F4N4O3. The van der Waals surface area contributed by atoms with E-state index in [0.717, 1.165) is 48.2 Å². The predicted molar refractivity (Wildman–Crippen MR) is 122 cm³/mol. The Kier molecular flexibility index (Phi) is 5.57. The number of alkyl halides is 2. The SMILES string of the molecule is O[C@@](Cn1cnnn1)(c1ccc(F)cc1F)C(F)(F)C12CC(c3ccc(OC[C@H]4CCCO4)cc3)(C1)C2. The molecule has 0 unspecified atom stereocenters. The van der Waals surface area contributed by atoms with Crippen molar-refractivity contribution in [3.05, 3.63) is 71.6 Å². The first kappa shape index (κ1) is 24.3. The second-order valence-corrected chi connectivity index (χ2v) is 10.6. The fourth-order valence-corrected chi connectivity index (χ4v) is 6.40. The molecule has 7 rings (SSSR count). The Bertz CT molecular complexity index is 1260. The van der Waals surface area contributed by atoms with Crippen LogP contribution in [0.2, 0.25) is 0 Å². The zero-order chi connectivity index (χ0) is 25.9. The summed E-state index contributed by atoms with van der Waals surface area (Å²) in [5, 5.41) is 21.9. The van der Waals surface area contributed by atoms with Gasteiger partial charge in [-0.3, -0.25) is 0 Å². The number of hydrogen-bond acceptors (Lipinski definition) is 6. The topological polar surface area (TPSA) is 82.3 Å². The molecule has 0 radical (unpaired) electrons. The van der Waals surface area contributed by atoms with Crippen molar-refractivity contribution in [3.8, 4) is 5.75 Å². The third-order valence-electron chi connectivity index (χ3n) is 8.30. The average Bonchev–Trinajstić information content (AvgIpc) is 3.50. The zero-order valence-corrected chi connectivity index (χ0v) is 19.9. The number of benzene rings is 2. The highest BCUT2D eigenvalue weighted by Gasteiger charge is 2.82. The molecule has 0 amide bonds. The highest BCUT2D eigenvalue weighted by molar-refractivity contribution is 5.44. The summed E-state index contributed by atoms with van der Waals surface area (Å²) in [6.45, 7) is 0.432. The lowest BCUT2D eigenvalue weighted by atomic mass is 9.30. The van der Waals surface area contributed by atoms with Crippen molar-refractivity contribution in [3.63, 3.8) is 0 Å². The van der Waals surface area contributed by atoms with Crippen LogP contribution in [0.4, 0.5) is 17.6 Å². The summed E-state index contributed by atoms with van der Waals surface area (Å²) in [6.07, 6.45) is 3.54. The van der Waals surface area contributed by atoms with Crippen LogP contribution in [0.25, 0.3) is 0 Å². The molecule has 2 atom stereocenters. The molecule has 4 fully saturated rings. The van der Waals surface area contributed by atoms with Gasteiger partial charge in [-0.1, -0.05) is 12.1 Å². The van der Waals surface area contributed by atoms with Crippen LogP contribution in [0, 0.1) is 17.0 Å². The van der Waals surface area contributed by atoms with E-state index in [1.807, 2.05) is 24.3 Å². The predicted octanol–water partition coefficient (Wildman–Crippen LogP) is 4.15. The van der Waals surface area contributed by atoms with Gasteiger partial charge in [0.05, 0.1) is 12.6 Å². The normalized spacial score (nSPS) is 28.3. The lowest BCUT2D eigenvalue weighted by Gasteiger charge is -2.74. The minimum atomic E-state index is -3.75. The van der Waals surface area contributed by atoms with Gasteiger partial charge in [-0.25, -0.2) is 22.2 Å². The maximum absolute atomic E-state index is 16.3. The van der Waals surface area contributed by atoms with Gasteiger partial charge in [-0.15, -0.1) is 5.10 Å². The van der Waals surface area contributed by atoms with Crippen LogP contribution in [0.3, 0.4) is 0 Å². The molecule has 2 aromatic carbocycles. The highest BCUT2D eigenvalue weighted by Crippen LogP contribution is 2.80. The number of aliphatic hydroxyl groups is 1. The van der Waals surface area contributed by atoms with Crippen molar-refractivity contribution in [1.82, 2.24) is 20.2 Å². The van der Waals surface area contributed by atoms with Crippen molar-refractivity contribution in [2.24, 2.45) is 5.41 Å². The Morgan fingerprint density at radius 3 is 2.49 bits per heavy atom. The van der Waals surface area contributed by atoms with Crippen molar-refractivity contribution in [1.29, 1.82) is 0 Å². The van der Waals surface area contributed by atoms with Crippen molar-refractivity contribution in [2.75, 3.05) is 13.2 Å². The monoisotopic (exact) mass is 518 g/mol.